The van der Waals surface area contributed by atoms with E-state index in [1.54, 1.807) is 74.2 Å². The Morgan fingerprint density at radius 2 is 1.04 bits per heavy atom. The molecule has 3 aromatic carbocycles. The number of rotatable bonds is 10. The number of carbonyl (C=O) groups excluding carboxylic acids is 2. The molecule has 56 heavy (non-hydrogen) atoms. The van der Waals surface area contributed by atoms with Crippen molar-refractivity contribution in [3.8, 4) is 20.9 Å². The van der Waals surface area contributed by atoms with Gasteiger partial charge in [-0.1, -0.05) is 76.6 Å². The Bertz CT molecular complexity index is 1990. The third-order valence-electron chi connectivity index (χ3n) is 7.88. The number of carbonyl (C=O) groups is 2. The number of ether oxygens (including phenoxy) is 5. The van der Waals surface area contributed by atoms with Gasteiger partial charge in [0.05, 0.1) is 37.7 Å². The number of benzene rings is 3. The molecule has 14 heteroatoms. The zero-order valence-corrected chi connectivity index (χ0v) is 37.7. The predicted molar refractivity (Wildman–Crippen MR) is 232 cm³/mol. The molecule has 3 heterocycles. The normalized spacial score (nSPS) is 10.4. The maximum Gasteiger partial charge on any atom is 0.270 e. The highest BCUT2D eigenvalue weighted by Crippen LogP contribution is 2.31. The molecular formula is C42H50BrN3O7S3. The summed E-state index contributed by atoms with van der Waals surface area (Å²) in [6.45, 7) is 10.5. The van der Waals surface area contributed by atoms with Crippen LogP contribution in [0.4, 0.5) is 0 Å². The molecule has 0 radical (unpaired) electrons. The molecule has 0 spiro atoms. The van der Waals surface area contributed by atoms with Gasteiger partial charge in [-0.2, -0.15) is 0 Å². The smallest absolute Gasteiger partial charge is 0.270 e. The van der Waals surface area contributed by atoms with Crippen LogP contribution in [0, 0.1) is 20.8 Å². The highest BCUT2D eigenvalue weighted by Gasteiger charge is 2.25. The van der Waals surface area contributed by atoms with Crippen LogP contribution >= 0.6 is 49.9 Å². The molecule has 0 amide bonds. The van der Waals surface area contributed by atoms with Gasteiger partial charge in [-0.25, -0.2) is 9.97 Å². The van der Waals surface area contributed by atoms with E-state index in [4.69, 9.17) is 9.47 Å². The van der Waals surface area contributed by atoms with Gasteiger partial charge in [0, 0.05) is 67.8 Å². The molecular weight excluding hydrogens is 835 g/mol. The first-order chi connectivity index (χ1) is 26.7. The van der Waals surface area contributed by atoms with Crippen molar-refractivity contribution in [1.82, 2.24) is 15.0 Å². The van der Waals surface area contributed by atoms with Crippen molar-refractivity contribution in [3.63, 3.8) is 0 Å². The number of aromatic nitrogens is 3. The number of hydrogen-bond acceptors (Lipinski definition) is 13. The Hall–Kier alpha value is -3.83. The van der Waals surface area contributed by atoms with Gasteiger partial charge in [-0.05, 0) is 64.8 Å². The minimum Gasteiger partial charge on any atom is -0.349 e. The van der Waals surface area contributed by atoms with Gasteiger partial charge >= 0.3 is 0 Å². The molecule has 0 aliphatic rings. The van der Waals surface area contributed by atoms with E-state index in [1.807, 2.05) is 98.1 Å². The summed E-state index contributed by atoms with van der Waals surface area (Å²) in [5, 5.41) is 2.01. The van der Waals surface area contributed by atoms with Crippen molar-refractivity contribution in [1.29, 1.82) is 0 Å². The van der Waals surface area contributed by atoms with Gasteiger partial charge < -0.3 is 23.7 Å². The minimum atomic E-state index is -0.693. The third-order valence-corrected chi connectivity index (χ3v) is 11.1. The van der Waals surface area contributed by atoms with Crippen LogP contribution in [0.15, 0.2) is 99.2 Å². The van der Waals surface area contributed by atoms with E-state index in [-0.39, 0.29) is 11.6 Å². The van der Waals surface area contributed by atoms with Crippen molar-refractivity contribution in [3.05, 3.63) is 133 Å². The second-order valence-corrected chi connectivity index (χ2v) is 15.1. The minimum absolute atomic E-state index is 0.0996. The Labute approximate surface area is 351 Å². The first-order valence-corrected chi connectivity index (χ1v) is 20.5. The van der Waals surface area contributed by atoms with Crippen LogP contribution in [0.25, 0.3) is 20.9 Å². The molecule has 3 aromatic heterocycles. The zero-order valence-electron chi connectivity index (χ0n) is 33.6. The van der Waals surface area contributed by atoms with Gasteiger partial charge in [-0.3, -0.25) is 14.6 Å². The largest absolute Gasteiger partial charge is 0.349 e. The molecule has 0 aliphatic heterocycles. The molecule has 0 bridgehead atoms. The van der Waals surface area contributed by atoms with Crippen molar-refractivity contribution in [2.45, 2.75) is 53.8 Å². The topological polar surface area (TPSA) is 119 Å². The molecule has 6 rings (SSSR count). The SMILES string of the molecule is CC(=O)c1ccc(-c2scnc2C)cc1.CC(=O)c1ccc(Br)cc1.COC(C)(OC)c1ccc(-c2scnc2C)cc1.COC(OC)OC.Cc1cscn1. The molecule has 6 aromatic rings. The van der Waals surface area contributed by atoms with Crippen molar-refractivity contribution < 1.29 is 33.3 Å². The van der Waals surface area contributed by atoms with E-state index in [1.165, 1.54) is 36.6 Å². The molecule has 0 unspecified atom stereocenters. The standard InChI is InChI=1S/C14H17NO2S.C12H11NOS.C8H7BrO.C4H5NS.C4H10O3/c1-10-13(18-9-15-10)11-5-7-12(8-6-11)14(2,16-3)17-4;1-8-12(15-7-13-8)11-5-3-10(4-6-11)9(2)14;1-6(10)7-2-4-8(9)5-3-7;1-4-2-6-3-5-4;1-5-4(6-2)7-3/h5-9H,1-4H3;3-7H,1-2H3;2-5H,1H3;2-3H,1H3;4H,1-3H3. The average Bonchev–Trinajstić information content (AvgIpc) is 3.99. The predicted octanol–water partition coefficient (Wildman–Crippen LogP) is 11.2. The lowest BCUT2D eigenvalue weighted by molar-refractivity contribution is -0.252. The number of Topliss-reactive ketones (excluding diaryl/α,β-unsaturated/α-hetero) is 2. The lowest BCUT2D eigenvalue weighted by Gasteiger charge is -2.26. The fourth-order valence-electron chi connectivity index (χ4n) is 4.50. The van der Waals surface area contributed by atoms with Crippen LogP contribution in [-0.2, 0) is 29.5 Å². The van der Waals surface area contributed by atoms with Gasteiger partial charge in [0.15, 0.2) is 17.4 Å². The van der Waals surface area contributed by atoms with Crippen LogP contribution < -0.4 is 0 Å². The summed E-state index contributed by atoms with van der Waals surface area (Å²) in [6, 6.07) is 23.2. The van der Waals surface area contributed by atoms with E-state index in [2.05, 4.69) is 57.2 Å². The summed E-state index contributed by atoms with van der Waals surface area (Å²) in [5.41, 5.74) is 13.5. The number of hydrogen-bond donors (Lipinski definition) is 0. The number of aryl methyl sites for hydroxylation is 3. The van der Waals surface area contributed by atoms with Crippen molar-refractivity contribution in [2.75, 3.05) is 35.5 Å². The monoisotopic (exact) mass is 883 g/mol. The van der Waals surface area contributed by atoms with Crippen LogP contribution in [0.1, 0.15) is 64.1 Å². The Morgan fingerprint density at radius 3 is 1.30 bits per heavy atom. The van der Waals surface area contributed by atoms with Crippen molar-refractivity contribution >= 4 is 61.5 Å². The van der Waals surface area contributed by atoms with Gasteiger partial charge in [0.1, 0.15) is 0 Å². The van der Waals surface area contributed by atoms with Gasteiger partial charge in [-0.15, -0.1) is 34.0 Å². The summed E-state index contributed by atoms with van der Waals surface area (Å²) in [4.78, 5) is 36.6. The van der Waals surface area contributed by atoms with Crippen LogP contribution in [0.2, 0.25) is 0 Å². The molecule has 0 aliphatic carbocycles. The lowest BCUT2D eigenvalue weighted by Crippen LogP contribution is -2.26. The van der Waals surface area contributed by atoms with Crippen molar-refractivity contribution in [2.24, 2.45) is 0 Å². The summed E-state index contributed by atoms with van der Waals surface area (Å²) >= 11 is 8.19. The Kier molecular flexibility index (Phi) is 21.9. The summed E-state index contributed by atoms with van der Waals surface area (Å²) in [7, 11) is 7.82. The molecule has 0 atom stereocenters. The molecule has 0 saturated carbocycles. The number of nitrogens with zero attached hydrogens (tertiary/aromatic N) is 3. The number of halogens is 1. The summed E-state index contributed by atoms with van der Waals surface area (Å²) in [5.74, 6) is -0.489. The lowest BCUT2D eigenvalue weighted by atomic mass is 10.0. The van der Waals surface area contributed by atoms with E-state index < -0.39 is 12.3 Å². The Morgan fingerprint density at radius 1 is 0.625 bits per heavy atom. The van der Waals surface area contributed by atoms with Gasteiger partial charge in [0.25, 0.3) is 6.48 Å². The summed E-state index contributed by atoms with van der Waals surface area (Å²) in [6.07, 6.45) is 0. The van der Waals surface area contributed by atoms with E-state index in [0.29, 0.717) is 0 Å². The molecule has 0 fully saturated rings. The fourth-order valence-corrected chi connectivity index (χ4v) is 6.94. The quantitative estimate of drug-likeness (QED) is 0.0971. The third kappa shape index (κ3) is 16.0. The molecule has 10 nitrogen and oxygen atoms in total. The molecule has 0 N–H and O–H groups in total. The highest BCUT2D eigenvalue weighted by atomic mass is 79.9. The number of ketones is 2. The molecule has 300 valence electrons. The fraction of sp³-hybridized carbons (Fsp3) is 0.310. The average molecular weight is 885 g/mol. The summed E-state index contributed by atoms with van der Waals surface area (Å²) < 4.78 is 25.6. The molecule has 0 saturated heterocycles. The van der Waals surface area contributed by atoms with Crippen LogP contribution in [-0.4, -0.2) is 68.5 Å². The highest BCUT2D eigenvalue weighted by molar-refractivity contribution is 9.10. The zero-order chi connectivity index (χ0) is 41.7. The second-order valence-electron chi connectivity index (χ2n) is 11.8. The Balaban J connectivity index is 0.000000257. The number of thiazole rings is 3. The van der Waals surface area contributed by atoms with Gasteiger partial charge in [0.2, 0.25) is 0 Å². The first-order valence-electron chi connectivity index (χ1n) is 17.1. The van der Waals surface area contributed by atoms with E-state index in [0.717, 1.165) is 43.8 Å². The van der Waals surface area contributed by atoms with E-state index in [9.17, 15) is 9.59 Å². The maximum absolute atomic E-state index is 11.1. The van der Waals surface area contributed by atoms with Crippen LogP contribution in [0.3, 0.4) is 0 Å². The maximum atomic E-state index is 11.1. The first kappa shape index (κ1) is 48.3. The van der Waals surface area contributed by atoms with E-state index >= 15 is 0 Å². The number of methoxy groups -OCH3 is 5. The second kappa shape index (κ2) is 25.4. The van der Waals surface area contributed by atoms with Crippen LogP contribution in [0.5, 0.6) is 0 Å².